The molecule has 1 aliphatic rings. The van der Waals surface area contributed by atoms with Crippen molar-refractivity contribution < 1.29 is 53.6 Å². The Morgan fingerprint density at radius 2 is 1.50 bits per heavy atom. The van der Waals surface area contributed by atoms with Crippen molar-refractivity contribution in [1.29, 1.82) is 0 Å². The quantitative estimate of drug-likeness (QED) is 0.412. The Morgan fingerprint density at radius 1 is 0.955 bits per heavy atom. The van der Waals surface area contributed by atoms with Gasteiger partial charge in [0.25, 0.3) is 0 Å². The summed E-state index contributed by atoms with van der Waals surface area (Å²) in [4.78, 5) is 0. The van der Waals surface area contributed by atoms with Crippen LogP contribution in [0.1, 0.15) is 0 Å². The first-order valence-corrected chi connectivity index (χ1v) is 8.38. The molecule has 0 saturated carbocycles. The molecular formula is C8H16O12S2. The molecule has 0 amide bonds. The van der Waals surface area contributed by atoms with E-state index in [0.29, 0.717) is 0 Å². The third-order valence-electron chi connectivity index (χ3n) is 2.77. The third-order valence-corrected chi connectivity index (χ3v) is 3.67. The zero-order valence-corrected chi connectivity index (χ0v) is 13.1. The van der Waals surface area contributed by atoms with E-state index in [1.807, 2.05) is 0 Å². The van der Waals surface area contributed by atoms with E-state index in [4.69, 9.17) is 23.3 Å². The predicted molar refractivity (Wildman–Crippen MR) is 66.4 cm³/mol. The van der Waals surface area contributed by atoms with Crippen molar-refractivity contribution in [2.45, 2.75) is 30.7 Å². The Hall–Kier alpha value is -0.420. The molecule has 132 valence electrons. The standard InChI is InChI=1S/C8H16O12S2/c1-16-6-5(20-22(13,14)15)4(3-18-21(10,11)12)19-8(9)7(6)17-2/h4-9H,3H2,1-2H3,(H,10,11,12)(H,13,14,15)/t4-,5-,6+,7-,8?/m1/s1. The number of rotatable bonds is 7. The topological polar surface area (TPSA) is 175 Å². The molecule has 1 unspecified atom stereocenters. The number of hydrogen-bond acceptors (Lipinski definition) is 10. The van der Waals surface area contributed by atoms with Gasteiger partial charge in [-0.2, -0.15) is 16.8 Å². The van der Waals surface area contributed by atoms with Crippen LogP contribution in [0, 0.1) is 0 Å². The lowest BCUT2D eigenvalue weighted by Gasteiger charge is -2.42. The summed E-state index contributed by atoms with van der Waals surface area (Å²) in [6.45, 7) is -0.910. The molecule has 0 aromatic carbocycles. The van der Waals surface area contributed by atoms with Crippen LogP contribution in [0.3, 0.4) is 0 Å². The van der Waals surface area contributed by atoms with E-state index < -0.39 is 58.1 Å². The minimum absolute atomic E-state index is 0.910. The first-order chi connectivity index (χ1) is 9.98. The van der Waals surface area contributed by atoms with E-state index in [-0.39, 0.29) is 0 Å². The average molecular weight is 368 g/mol. The Morgan fingerprint density at radius 3 is 1.91 bits per heavy atom. The van der Waals surface area contributed by atoms with Gasteiger partial charge < -0.3 is 19.3 Å². The van der Waals surface area contributed by atoms with E-state index in [2.05, 4.69) is 8.37 Å². The molecule has 1 fully saturated rings. The molecule has 0 aliphatic carbocycles. The highest BCUT2D eigenvalue weighted by molar-refractivity contribution is 7.81. The van der Waals surface area contributed by atoms with E-state index in [1.165, 1.54) is 7.11 Å². The first-order valence-electron chi connectivity index (χ1n) is 5.65. The van der Waals surface area contributed by atoms with Crippen molar-refractivity contribution in [3.05, 3.63) is 0 Å². The van der Waals surface area contributed by atoms with Crippen molar-refractivity contribution in [3.8, 4) is 0 Å². The van der Waals surface area contributed by atoms with Crippen LogP contribution in [0.25, 0.3) is 0 Å². The highest BCUT2D eigenvalue weighted by Crippen LogP contribution is 2.27. The fourth-order valence-corrected chi connectivity index (χ4v) is 2.78. The van der Waals surface area contributed by atoms with Crippen LogP contribution in [-0.4, -0.2) is 82.6 Å². The lowest BCUT2D eigenvalue weighted by molar-refractivity contribution is -0.290. The van der Waals surface area contributed by atoms with Crippen molar-refractivity contribution in [2.24, 2.45) is 0 Å². The molecule has 3 N–H and O–H groups in total. The zero-order valence-electron chi connectivity index (χ0n) is 11.4. The molecular weight excluding hydrogens is 352 g/mol. The predicted octanol–water partition coefficient (Wildman–Crippen LogP) is -2.26. The molecule has 0 bridgehead atoms. The molecule has 12 nitrogen and oxygen atoms in total. The van der Waals surface area contributed by atoms with E-state index in [0.717, 1.165) is 7.11 Å². The normalized spacial score (nSPS) is 33.8. The lowest BCUT2D eigenvalue weighted by atomic mass is 9.99. The molecule has 22 heavy (non-hydrogen) atoms. The number of aliphatic hydroxyl groups excluding tert-OH is 1. The van der Waals surface area contributed by atoms with Gasteiger partial charge in [-0.3, -0.25) is 9.11 Å². The van der Waals surface area contributed by atoms with Crippen molar-refractivity contribution in [1.82, 2.24) is 0 Å². The van der Waals surface area contributed by atoms with Gasteiger partial charge in [0.1, 0.15) is 24.4 Å². The second-order valence-electron chi connectivity index (χ2n) is 4.17. The summed E-state index contributed by atoms with van der Waals surface area (Å²) in [7, 11) is -7.52. The van der Waals surface area contributed by atoms with Crippen molar-refractivity contribution >= 4 is 20.8 Å². The van der Waals surface area contributed by atoms with E-state index >= 15 is 0 Å². The van der Waals surface area contributed by atoms with Gasteiger partial charge in [-0.1, -0.05) is 0 Å². The van der Waals surface area contributed by atoms with Crippen LogP contribution >= 0.6 is 0 Å². The number of hydrogen-bond donors (Lipinski definition) is 3. The van der Waals surface area contributed by atoms with Crippen molar-refractivity contribution in [2.75, 3.05) is 20.8 Å². The smallest absolute Gasteiger partial charge is 0.376 e. The molecule has 0 aromatic rings. The summed E-state index contributed by atoms with van der Waals surface area (Å²) in [5, 5.41) is 9.72. The lowest BCUT2D eigenvalue weighted by Crippen LogP contribution is -2.61. The Bertz CT molecular complexity index is 556. The molecule has 1 aliphatic heterocycles. The first kappa shape index (κ1) is 19.6. The van der Waals surface area contributed by atoms with Crippen LogP contribution in [0.15, 0.2) is 0 Å². The van der Waals surface area contributed by atoms with E-state index in [1.54, 1.807) is 0 Å². The molecule has 5 atom stereocenters. The molecule has 1 saturated heterocycles. The Kier molecular flexibility index (Phi) is 6.63. The van der Waals surface area contributed by atoms with E-state index in [9.17, 15) is 21.9 Å². The summed E-state index contributed by atoms with van der Waals surface area (Å²) in [5.41, 5.74) is 0. The maximum Gasteiger partial charge on any atom is 0.397 e. The SMILES string of the molecule is CO[C@H]1[C@H](OS(=O)(=O)O)[C@@H](COS(=O)(=O)O)OC(O)[C@@H]1OC. The summed E-state index contributed by atoms with van der Waals surface area (Å²) in [6, 6.07) is 0. The fourth-order valence-electron chi connectivity index (χ4n) is 1.96. The Labute approximate surface area is 126 Å². The molecule has 0 spiro atoms. The largest absolute Gasteiger partial charge is 0.397 e. The summed E-state index contributed by atoms with van der Waals surface area (Å²) in [6.07, 6.45) is -7.22. The highest BCUT2D eigenvalue weighted by atomic mass is 32.3. The van der Waals surface area contributed by atoms with Crippen LogP contribution in [-0.2, 0) is 43.4 Å². The van der Waals surface area contributed by atoms with Crippen LogP contribution in [0.4, 0.5) is 0 Å². The number of aliphatic hydroxyl groups is 1. The summed E-state index contributed by atoms with van der Waals surface area (Å²) >= 11 is 0. The highest BCUT2D eigenvalue weighted by Gasteiger charge is 2.49. The summed E-state index contributed by atoms with van der Waals surface area (Å²) < 4.78 is 83.4. The van der Waals surface area contributed by atoms with Gasteiger partial charge in [0.05, 0.1) is 6.61 Å². The molecule has 1 rings (SSSR count). The minimum atomic E-state index is -4.97. The second-order valence-corrected chi connectivity index (χ2v) is 6.31. The monoisotopic (exact) mass is 368 g/mol. The third kappa shape index (κ3) is 5.65. The van der Waals surface area contributed by atoms with Gasteiger partial charge in [-0.05, 0) is 0 Å². The zero-order chi connectivity index (χ0) is 17.1. The van der Waals surface area contributed by atoms with Crippen LogP contribution < -0.4 is 0 Å². The van der Waals surface area contributed by atoms with Gasteiger partial charge in [0, 0.05) is 14.2 Å². The average Bonchev–Trinajstić information content (AvgIpc) is 2.35. The maximum absolute atomic E-state index is 10.9. The minimum Gasteiger partial charge on any atom is -0.376 e. The Balaban J connectivity index is 3.04. The fraction of sp³-hybridized carbons (Fsp3) is 1.00. The molecule has 0 aromatic heterocycles. The molecule has 0 radical (unpaired) electrons. The molecule has 1 heterocycles. The van der Waals surface area contributed by atoms with Gasteiger partial charge in [0.15, 0.2) is 6.29 Å². The number of methoxy groups -OCH3 is 2. The number of ether oxygens (including phenoxy) is 3. The van der Waals surface area contributed by atoms with Gasteiger partial charge >= 0.3 is 20.8 Å². The van der Waals surface area contributed by atoms with Gasteiger partial charge in [-0.15, -0.1) is 0 Å². The molecule has 14 heteroatoms. The van der Waals surface area contributed by atoms with Crippen LogP contribution in [0.2, 0.25) is 0 Å². The summed E-state index contributed by atoms with van der Waals surface area (Å²) in [5.74, 6) is 0. The van der Waals surface area contributed by atoms with Gasteiger partial charge in [0.2, 0.25) is 0 Å². The van der Waals surface area contributed by atoms with Crippen molar-refractivity contribution in [3.63, 3.8) is 0 Å². The maximum atomic E-state index is 10.9. The van der Waals surface area contributed by atoms with Crippen LogP contribution in [0.5, 0.6) is 0 Å². The van der Waals surface area contributed by atoms with Gasteiger partial charge in [-0.25, -0.2) is 8.37 Å². The second kappa shape index (κ2) is 7.43.